The number of rotatable bonds is 2. The highest BCUT2D eigenvalue weighted by molar-refractivity contribution is 5.83. The summed E-state index contributed by atoms with van der Waals surface area (Å²) in [6.45, 7) is 0. The van der Waals surface area contributed by atoms with Gasteiger partial charge >= 0.3 is 0 Å². The molecule has 6 heterocycles. The van der Waals surface area contributed by atoms with Crippen LogP contribution < -0.4 is 0 Å². The molecule has 0 amide bonds. The smallest absolute Gasteiger partial charge is 0.137 e. The van der Waals surface area contributed by atoms with Gasteiger partial charge in [-0.25, -0.2) is 14.5 Å². The van der Waals surface area contributed by atoms with Crippen LogP contribution in [0.5, 0.6) is 0 Å². The van der Waals surface area contributed by atoms with Gasteiger partial charge in [0.1, 0.15) is 11.3 Å². The van der Waals surface area contributed by atoms with Crippen molar-refractivity contribution in [2.75, 3.05) is 0 Å². The van der Waals surface area contributed by atoms with Gasteiger partial charge in [-0.3, -0.25) is 0 Å². The third kappa shape index (κ3) is 2.23. The zero-order valence-electron chi connectivity index (χ0n) is 14.2. The average Bonchev–Trinajstić information content (AvgIpc) is 3.42. The van der Waals surface area contributed by atoms with E-state index in [1.165, 1.54) is 0 Å². The fourth-order valence-corrected chi connectivity index (χ4v) is 3.47. The largest absolute Gasteiger partial charge is 0.339 e. The van der Waals surface area contributed by atoms with Gasteiger partial charge in [-0.15, -0.1) is 0 Å². The van der Waals surface area contributed by atoms with Crippen LogP contribution >= 0.6 is 0 Å². The van der Waals surface area contributed by atoms with Crippen molar-refractivity contribution in [3.8, 4) is 22.5 Å². The maximum atomic E-state index is 4.75. The maximum absolute atomic E-state index is 4.75. The van der Waals surface area contributed by atoms with Crippen LogP contribution in [-0.4, -0.2) is 29.0 Å². The minimum atomic E-state index is 0.895. The van der Waals surface area contributed by atoms with E-state index < -0.39 is 0 Å². The first-order valence-corrected chi connectivity index (χ1v) is 8.70. The SMILES string of the molecule is c1cnc2[nH]c(-c3ccc4nc(-c5ccc6ccnn6c5)cn4c3)cc2c1. The topological polar surface area (TPSA) is 63.3 Å². The van der Waals surface area contributed by atoms with Crippen molar-refractivity contribution in [3.63, 3.8) is 0 Å². The predicted molar refractivity (Wildman–Crippen MR) is 104 cm³/mol. The molecule has 6 aromatic heterocycles. The van der Waals surface area contributed by atoms with E-state index >= 15 is 0 Å². The fourth-order valence-electron chi connectivity index (χ4n) is 3.47. The summed E-state index contributed by atoms with van der Waals surface area (Å²) in [5.74, 6) is 0. The van der Waals surface area contributed by atoms with Crippen molar-refractivity contribution < 1.29 is 0 Å². The molecular weight excluding hydrogens is 336 g/mol. The molecule has 6 rings (SSSR count). The molecule has 0 aliphatic rings. The van der Waals surface area contributed by atoms with E-state index in [0.717, 1.165) is 44.7 Å². The number of pyridine rings is 3. The molecule has 6 aromatic rings. The summed E-state index contributed by atoms with van der Waals surface area (Å²) in [5.41, 5.74) is 6.95. The summed E-state index contributed by atoms with van der Waals surface area (Å²) in [4.78, 5) is 12.5. The number of imidazole rings is 1. The summed E-state index contributed by atoms with van der Waals surface area (Å²) >= 11 is 0. The third-order valence-electron chi connectivity index (χ3n) is 4.85. The van der Waals surface area contributed by atoms with Crippen LogP contribution in [0.4, 0.5) is 0 Å². The number of aromatic amines is 1. The first kappa shape index (κ1) is 14.3. The summed E-state index contributed by atoms with van der Waals surface area (Å²) < 4.78 is 3.92. The quantitative estimate of drug-likeness (QED) is 0.509. The number of aromatic nitrogens is 6. The van der Waals surface area contributed by atoms with Crippen molar-refractivity contribution in [1.29, 1.82) is 0 Å². The lowest BCUT2D eigenvalue weighted by Gasteiger charge is -1.99. The van der Waals surface area contributed by atoms with Gasteiger partial charge in [0.05, 0.1) is 11.2 Å². The summed E-state index contributed by atoms with van der Waals surface area (Å²) in [6.07, 6.45) is 9.73. The lowest BCUT2D eigenvalue weighted by molar-refractivity contribution is 0.962. The monoisotopic (exact) mass is 350 g/mol. The zero-order chi connectivity index (χ0) is 17.8. The second-order valence-electron chi connectivity index (χ2n) is 6.55. The number of nitrogens with zero attached hydrogens (tertiary/aromatic N) is 5. The van der Waals surface area contributed by atoms with E-state index in [2.05, 4.69) is 56.0 Å². The molecule has 0 bridgehead atoms. The molecular formula is C21H14N6. The first-order chi connectivity index (χ1) is 13.3. The molecule has 0 saturated carbocycles. The highest BCUT2D eigenvalue weighted by atomic mass is 15.2. The van der Waals surface area contributed by atoms with E-state index in [4.69, 9.17) is 4.98 Å². The molecule has 6 heteroatoms. The van der Waals surface area contributed by atoms with E-state index in [0.29, 0.717) is 0 Å². The molecule has 0 unspecified atom stereocenters. The van der Waals surface area contributed by atoms with Crippen molar-refractivity contribution in [1.82, 2.24) is 29.0 Å². The molecule has 0 atom stereocenters. The fraction of sp³-hybridized carbons (Fsp3) is 0. The van der Waals surface area contributed by atoms with Gasteiger partial charge in [-0.2, -0.15) is 5.10 Å². The van der Waals surface area contributed by atoms with Gasteiger partial charge in [0.15, 0.2) is 0 Å². The lowest BCUT2D eigenvalue weighted by atomic mass is 10.2. The number of nitrogens with one attached hydrogen (secondary N) is 1. The standard InChI is InChI=1S/C21H14N6/c1-2-14-10-18(25-21(14)22-8-1)15-4-6-20-24-19(13-26(20)11-15)16-3-5-17-7-9-23-27(17)12-16/h1-13H,(H,22,25). The van der Waals surface area contributed by atoms with Crippen molar-refractivity contribution in [2.24, 2.45) is 0 Å². The Morgan fingerprint density at radius 3 is 2.78 bits per heavy atom. The van der Waals surface area contributed by atoms with Crippen LogP contribution in [-0.2, 0) is 0 Å². The molecule has 1 N–H and O–H groups in total. The first-order valence-electron chi connectivity index (χ1n) is 8.70. The maximum Gasteiger partial charge on any atom is 0.137 e. The summed E-state index contributed by atoms with van der Waals surface area (Å²) in [5, 5.41) is 5.41. The Balaban J connectivity index is 1.46. The second-order valence-corrected chi connectivity index (χ2v) is 6.55. The van der Waals surface area contributed by atoms with Crippen molar-refractivity contribution in [3.05, 3.63) is 79.5 Å². The highest BCUT2D eigenvalue weighted by Gasteiger charge is 2.09. The molecule has 0 aromatic carbocycles. The second kappa shape index (κ2) is 5.28. The number of fused-ring (bicyclic) bond motifs is 3. The van der Waals surface area contributed by atoms with E-state index in [9.17, 15) is 0 Å². The van der Waals surface area contributed by atoms with E-state index in [1.54, 1.807) is 12.4 Å². The third-order valence-corrected chi connectivity index (χ3v) is 4.85. The Morgan fingerprint density at radius 1 is 0.852 bits per heavy atom. The number of hydrogen-bond donors (Lipinski definition) is 1. The van der Waals surface area contributed by atoms with Crippen molar-refractivity contribution in [2.45, 2.75) is 0 Å². The average molecular weight is 350 g/mol. The number of hydrogen-bond acceptors (Lipinski definition) is 3. The molecule has 128 valence electrons. The molecule has 0 spiro atoms. The van der Waals surface area contributed by atoms with Gasteiger partial charge in [0.2, 0.25) is 0 Å². The molecule has 0 saturated heterocycles. The number of H-pyrrole nitrogens is 1. The lowest BCUT2D eigenvalue weighted by Crippen LogP contribution is -1.87. The van der Waals surface area contributed by atoms with Gasteiger partial charge in [0, 0.05) is 53.2 Å². The van der Waals surface area contributed by atoms with Crippen molar-refractivity contribution >= 4 is 22.2 Å². The molecule has 6 nitrogen and oxygen atoms in total. The molecule has 0 aliphatic carbocycles. The molecule has 0 radical (unpaired) electrons. The molecule has 27 heavy (non-hydrogen) atoms. The van der Waals surface area contributed by atoms with E-state index in [1.807, 2.05) is 35.1 Å². The Labute approximate surface area is 153 Å². The molecule has 0 aliphatic heterocycles. The van der Waals surface area contributed by atoms with Crippen LogP contribution in [0.2, 0.25) is 0 Å². The van der Waals surface area contributed by atoms with Crippen LogP contribution in [0.1, 0.15) is 0 Å². The highest BCUT2D eigenvalue weighted by Crippen LogP contribution is 2.25. The van der Waals surface area contributed by atoms with E-state index in [-0.39, 0.29) is 0 Å². The predicted octanol–water partition coefficient (Wildman–Crippen LogP) is 4.19. The Bertz CT molecular complexity index is 1400. The van der Waals surface area contributed by atoms with Crippen LogP contribution in [0.25, 0.3) is 44.7 Å². The minimum Gasteiger partial charge on any atom is -0.339 e. The van der Waals surface area contributed by atoms with Gasteiger partial charge in [0.25, 0.3) is 0 Å². The Kier molecular flexibility index (Phi) is 2.79. The Morgan fingerprint density at radius 2 is 1.81 bits per heavy atom. The normalized spacial score (nSPS) is 11.7. The summed E-state index contributed by atoms with van der Waals surface area (Å²) in [6, 6.07) is 16.3. The Hall–Kier alpha value is -3.93. The summed E-state index contributed by atoms with van der Waals surface area (Å²) in [7, 11) is 0. The minimum absolute atomic E-state index is 0.895. The zero-order valence-corrected chi connectivity index (χ0v) is 14.2. The van der Waals surface area contributed by atoms with Gasteiger partial charge < -0.3 is 9.38 Å². The van der Waals surface area contributed by atoms with Gasteiger partial charge in [-0.05, 0) is 48.5 Å². The van der Waals surface area contributed by atoms with Gasteiger partial charge in [-0.1, -0.05) is 0 Å². The molecule has 0 fully saturated rings. The van der Waals surface area contributed by atoms with Crippen LogP contribution in [0.3, 0.4) is 0 Å². The van der Waals surface area contributed by atoms with Crippen LogP contribution in [0.15, 0.2) is 79.5 Å². The van der Waals surface area contributed by atoms with Crippen LogP contribution in [0, 0.1) is 0 Å².